The molecule has 0 saturated heterocycles. The summed E-state index contributed by atoms with van der Waals surface area (Å²) in [5.41, 5.74) is 0.744. The summed E-state index contributed by atoms with van der Waals surface area (Å²) in [7, 11) is 0. The number of ether oxygens (including phenoxy) is 1. The maximum atomic E-state index is 12.2. The molecule has 1 aromatic carbocycles. The van der Waals surface area contributed by atoms with Crippen LogP contribution in [-0.4, -0.2) is 11.0 Å². The van der Waals surface area contributed by atoms with Gasteiger partial charge in [0.1, 0.15) is 5.52 Å². The number of unbranched alkanes of at least 4 members (excludes halogenated alkanes) is 1. The Bertz CT molecular complexity index is 575. The minimum atomic E-state index is -0.140. The third kappa shape index (κ3) is 3.35. The van der Waals surface area contributed by atoms with Crippen LogP contribution in [-0.2, 0) is 4.79 Å². The quantitative estimate of drug-likeness (QED) is 0.579. The predicted molar refractivity (Wildman–Crippen MR) is 80.7 cm³/mol. The van der Waals surface area contributed by atoms with Gasteiger partial charge in [-0.05, 0) is 25.0 Å². The van der Waals surface area contributed by atoms with E-state index >= 15 is 0 Å². The Hall–Kier alpha value is -1.90. The van der Waals surface area contributed by atoms with Crippen LogP contribution in [0.4, 0.5) is 0 Å². The molecule has 0 saturated carbocycles. The van der Waals surface area contributed by atoms with Crippen LogP contribution in [0.5, 0.6) is 5.75 Å². The number of esters is 1. The van der Waals surface area contributed by atoms with Gasteiger partial charge in [-0.1, -0.05) is 44.9 Å². The van der Waals surface area contributed by atoms with Crippen LogP contribution in [0.25, 0.3) is 10.9 Å². The van der Waals surface area contributed by atoms with E-state index in [9.17, 15) is 4.79 Å². The van der Waals surface area contributed by atoms with Gasteiger partial charge in [0.2, 0.25) is 0 Å². The second kappa shape index (κ2) is 7.04. The molecule has 20 heavy (non-hydrogen) atoms. The van der Waals surface area contributed by atoms with Crippen molar-refractivity contribution in [3.63, 3.8) is 0 Å². The summed E-state index contributed by atoms with van der Waals surface area (Å²) in [6.07, 6.45) is 5.58. The number of pyridine rings is 1. The van der Waals surface area contributed by atoms with Gasteiger partial charge in [-0.25, -0.2) is 0 Å². The largest absolute Gasteiger partial charge is 0.424 e. The second-order valence-electron chi connectivity index (χ2n) is 5.00. The Labute approximate surface area is 120 Å². The number of aromatic nitrogens is 1. The molecule has 106 valence electrons. The molecular formula is C17H21NO2. The van der Waals surface area contributed by atoms with E-state index in [0.717, 1.165) is 36.6 Å². The van der Waals surface area contributed by atoms with E-state index < -0.39 is 0 Å². The number of rotatable bonds is 6. The van der Waals surface area contributed by atoms with E-state index in [0.29, 0.717) is 5.75 Å². The summed E-state index contributed by atoms with van der Waals surface area (Å²) in [5.74, 6) is 0.399. The van der Waals surface area contributed by atoms with E-state index in [1.165, 1.54) is 0 Å². The summed E-state index contributed by atoms with van der Waals surface area (Å²) in [5, 5.41) is 0.986. The van der Waals surface area contributed by atoms with Gasteiger partial charge in [-0.3, -0.25) is 9.78 Å². The van der Waals surface area contributed by atoms with Crippen molar-refractivity contribution in [2.75, 3.05) is 0 Å². The van der Waals surface area contributed by atoms with Crippen molar-refractivity contribution in [2.24, 2.45) is 5.92 Å². The average Bonchev–Trinajstić information content (AvgIpc) is 2.48. The molecule has 0 N–H and O–H groups in total. The van der Waals surface area contributed by atoms with Gasteiger partial charge in [0, 0.05) is 11.6 Å². The molecule has 3 nitrogen and oxygen atoms in total. The van der Waals surface area contributed by atoms with Crippen molar-refractivity contribution in [2.45, 2.75) is 39.5 Å². The molecule has 1 unspecified atom stereocenters. The first kappa shape index (κ1) is 14.5. The summed E-state index contributed by atoms with van der Waals surface area (Å²) < 4.78 is 5.58. The Kier molecular flexibility index (Phi) is 5.10. The lowest BCUT2D eigenvalue weighted by Crippen LogP contribution is -2.20. The number of nitrogens with zero attached hydrogens (tertiary/aromatic N) is 1. The molecule has 3 heteroatoms. The van der Waals surface area contributed by atoms with E-state index in [1.807, 2.05) is 31.2 Å². The summed E-state index contributed by atoms with van der Waals surface area (Å²) >= 11 is 0. The zero-order valence-electron chi connectivity index (χ0n) is 12.1. The van der Waals surface area contributed by atoms with E-state index in [1.54, 1.807) is 12.3 Å². The van der Waals surface area contributed by atoms with E-state index in [4.69, 9.17) is 4.74 Å². The Balaban J connectivity index is 2.17. The number of benzene rings is 1. The van der Waals surface area contributed by atoms with Crippen LogP contribution >= 0.6 is 0 Å². The highest BCUT2D eigenvalue weighted by Crippen LogP contribution is 2.25. The van der Waals surface area contributed by atoms with Gasteiger partial charge in [0.05, 0.1) is 5.92 Å². The van der Waals surface area contributed by atoms with Gasteiger partial charge < -0.3 is 4.74 Å². The standard InChI is InChI=1S/C17H21NO2/c1-3-5-8-13(4-2)17(19)20-15-11-6-9-14-10-7-12-18-16(14)15/h6-7,9-13H,3-5,8H2,1-2H3. The van der Waals surface area contributed by atoms with Crippen molar-refractivity contribution < 1.29 is 9.53 Å². The summed E-state index contributed by atoms with van der Waals surface area (Å²) in [6, 6.07) is 9.51. The number of hydrogen-bond acceptors (Lipinski definition) is 3. The number of hydrogen-bond donors (Lipinski definition) is 0. The van der Waals surface area contributed by atoms with Crippen LogP contribution in [0.3, 0.4) is 0 Å². The molecule has 0 bridgehead atoms. The van der Waals surface area contributed by atoms with E-state index in [2.05, 4.69) is 11.9 Å². The van der Waals surface area contributed by atoms with Crippen molar-refractivity contribution in [1.82, 2.24) is 4.98 Å². The molecule has 2 aromatic rings. The van der Waals surface area contributed by atoms with Crippen molar-refractivity contribution in [1.29, 1.82) is 0 Å². The lowest BCUT2D eigenvalue weighted by atomic mass is 10.00. The van der Waals surface area contributed by atoms with Gasteiger partial charge in [-0.2, -0.15) is 0 Å². The molecule has 0 amide bonds. The molecule has 0 aliphatic carbocycles. The molecule has 0 aliphatic heterocycles. The normalized spacial score (nSPS) is 12.3. The fraction of sp³-hybridized carbons (Fsp3) is 0.412. The van der Waals surface area contributed by atoms with Gasteiger partial charge >= 0.3 is 5.97 Å². The molecule has 0 radical (unpaired) electrons. The van der Waals surface area contributed by atoms with Gasteiger partial charge in [-0.15, -0.1) is 0 Å². The molecule has 0 fully saturated rings. The predicted octanol–water partition coefficient (Wildman–Crippen LogP) is 4.36. The molecule has 1 aromatic heterocycles. The molecular weight excluding hydrogens is 250 g/mol. The highest BCUT2D eigenvalue weighted by Gasteiger charge is 2.19. The smallest absolute Gasteiger partial charge is 0.314 e. The minimum absolute atomic E-state index is 0.0195. The summed E-state index contributed by atoms with van der Waals surface area (Å²) in [4.78, 5) is 16.5. The lowest BCUT2D eigenvalue weighted by molar-refractivity contribution is -0.139. The molecule has 0 aliphatic rings. The molecule has 0 spiro atoms. The number of para-hydroxylation sites is 1. The van der Waals surface area contributed by atoms with Crippen molar-refractivity contribution in [3.8, 4) is 5.75 Å². The number of fused-ring (bicyclic) bond motifs is 1. The van der Waals surface area contributed by atoms with Crippen LogP contribution < -0.4 is 4.74 Å². The molecule has 1 atom stereocenters. The zero-order valence-corrected chi connectivity index (χ0v) is 12.1. The third-order valence-electron chi connectivity index (χ3n) is 3.54. The first-order valence-electron chi connectivity index (χ1n) is 7.31. The third-order valence-corrected chi connectivity index (χ3v) is 3.54. The fourth-order valence-corrected chi connectivity index (χ4v) is 2.29. The average molecular weight is 271 g/mol. The van der Waals surface area contributed by atoms with Gasteiger partial charge in [0.25, 0.3) is 0 Å². The maximum absolute atomic E-state index is 12.2. The van der Waals surface area contributed by atoms with Crippen LogP contribution in [0.15, 0.2) is 36.5 Å². The zero-order chi connectivity index (χ0) is 14.4. The highest BCUT2D eigenvalue weighted by molar-refractivity contribution is 5.87. The first-order chi connectivity index (χ1) is 9.76. The maximum Gasteiger partial charge on any atom is 0.314 e. The van der Waals surface area contributed by atoms with Crippen molar-refractivity contribution >= 4 is 16.9 Å². The van der Waals surface area contributed by atoms with E-state index in [-0.39, 0.29) is 11.9 Å². The topological polar surface area (TPSA) is 39.2 Å². The monoisotopic (exact) mass is 271 g/mol. The van der Waals surface area contributed by atoms with Gasteiger partial charge in [0.15, 0.2) is 5.75 Å². The van der Waals surface area contributed by atoms with Crippen LogP contribution in [0.1, 0.15) is 39.5 Å². The Morgan fingerprint density at radius 3 is 2.80 bits per heavy atom. The fourth-order valence-electron chi connectivity index (χ4n) is 2.29. The number of carbonyl (C=O) groups is 1. The SMILES string of the molecule is CCCCC(CC)C(=O)Oc1cccc2cccnc12. The van der Waals surface area contributed by atoms with Crippen molar-refractivity contribution in [3.05, 3.63) is 36.5 Å². The van der Waals surface area contributed by atoms with Crippen LogP contribution in [0, 0.1) is 5.92 Å². The minimum Gasteiger partial charge on any atom is -0.424 e. The second-order valence-corrected chi connectivity index (χ2v) is 5.00. The van der Waals surface area contributed by atoms with Crippen LogP contribution in [0.2, 0.25) is 0 Å². The lowest BCUT2D eigenvalue weighted by Gasteiger charge is -2.14. The Morgan fingerprint density at radius 2 is 2.05 bits per heavy atom. The molecule has 2 rings (SSSR count). The number of carbonyl (C=O) groups excluding carboxylic acids is 1. The molecule has 1 heterocycles. The first-order valence-corrected chi connectivity index (χ1v) is 7.31. The Morgan fingerprint density at radius 1 is 1.25 bits per heavy atom. The highest BCUT2D eigenvalue weighted by atomic mass is 16.5. The summed E-state index contributed by atoms with van der Waals surface area (Å²) in [6.45, 7) is 4.16.